The Hall–Kier alpha value is -1.81. The fraction of sp³-hybridized carbons (Fsp3) is 0.308. The average molecular weight is 236 g/mol. The molecule has 4 nitrogen and oxygen atoms in total. The van der Waals surface area contributed by atoms with Crippen LogP contribution in [0.25, 0.3) is 0 Å². The Morgan fingerprint density at radius 3 is 2.76 bits per heavy atom. The van der Waals surface area contributed by atoms with E-state index in [2.05, 4.69) is 6.58 Å². The minimum absolute atomic E-state index is 0.535. The number of esters is 1. The van der Waals surface area contributed by atoms with Crippen molar-refractivity contribution in [2.45, 2.75) is 26.2 Å². The van der Waals surface area contributed by atoms with E-state index in [0.717, 1.165) is 11.6 Å². The molecule has 0 aromatic heterocycles. The quantitative estimate of drug-likeness (QED) is 0.481. The lowest BCUT2D eigenvalue weighted by atomic mass is 10.2. The highest BCUT2D eigenvalue weighted by Gasteiger charge is 2.20. The summed E-state index contributed by atoms with van der Waals surface area (Å²) in [6.07, 6.45) is -0.948. The van der Waals surface area contributed by atoms with Crippen molar-refractivity contribution in [2.24, 2.45) is 0 Å². The molecule has 0 aliphatic heterocycles. The number of carbonyl (C=O) groups excluding carboxylic acids is 1. The van der Waals surface area contributed by atoms with E-state index in [1.165, 1.54) is 6.92 Å². The summed E-state index contributed by atoms with van der Waals surface area (Å²) in [7, 11) is 0. The number of rotatable bonds is 5. The van der Waals surface area contributed by atoms with Crippen LogP contribution in [0, 0.1) is 6.92 Å². The van der Waals surface area contributed by atoms with Gasteiger partial charge >= 0.3 is 5.97 Å². The summed E-state index contributed by atoms with van der Waals surface area (Å²) in [5, 5.41) is 9.45. The van der Waals surface area contributed by atoms with Crippen LogP contribution in [0.15, 0.2) is 36.9 Å². The highest BCUT2D eigenvalue weighted by Crippen LogP contribution is 2.16. The molecule has 4 heteroatoms. The van der Waals surface area contributed by atoms with E-state index >= 15 is 0 Å². The Morgan fingerprint density at radius 2 is 2.24 bits per heavy atom. The van der Waals surface area contributed by atoms with E-state index in [4.69, 9.17) is 9.47 Å². The van der Waals surface area contributed by atoms with Gasteiger partial charge in [-0.15, -0.1) is 0 Å². The molecule has 0 bridgehead atoms. The Kier molecular flexibility index (Phi) is 4.72. The first kappa shape index (κ1) is 13.3. The SMILES string of the molecule is C=CC(=O)OC(Oc1cccc(C)c1)C(C)O. The summed E-state index contributed by atoms with van der Waals surface area (Å²) in [5.74, 6) is -0.101. The van der Waals surface area contributed by atoms with Gasteiger partial charge < -0.3 is 14.6 Å². The second-order valence-corrected chi connectivity index (χ2v) is 3.68. The zero-order valence-electron chi connectivity index (χ0n) is 9.92. The van der Waals surface area contributed by atoms with Crippen LogP contribution in [0.2, 0.25) is 0 Å². The van der Waals surface area contributed by atoms with Crippen molar-refractivity contribution >= 4 is 5.97 Å². The first-order valence-electron chi connectivity index (χ1n) is 5.27. The molecule has 17 heavy (non-hydrogen) atoms. The molecule has 0 heterocycles. The van der Waals surface area contributed by atoms with Gasteiger partial charge in [0.2, 0.25) is 0 Å². The Bertz CT molecular complexity index is 398. The molecule has 0 saturated heterocycles. The maximum absolute atomic E-state index is 11.1. The molecule has 2 atom stereocenters. The molecule has 1 aromatic carbocycles. The molecule has 1 aromatic rings. The normalized spacial score (nSPS) is 13.6. The van der Waals surface area contributed by atoms with Crippen LogP contribution in [0.1, 0.15) is 12.5 Å². The summed E-state index contributed by atoms with van der Waals surface area (Å²) in [6, 6.07) is 7.25. The van der Waals surface area contributed by atoms with Crippen LogP contribution >= 0.6 is 0 Å². The first-order valence-corrected chi connectivity index (χ1v) is 5.27. The molecule has 0 aliphatic rings. The van der Waals surface area contributed by atoms with Crippen LogP contribution in [-0.2, 0) is 9.53 Å². The Morgan fingerprint density at radius 1 is 1.53 bits per heavy atom. The highest BCUT2D eigenvalue weighted by molar-refractivity contribution is 5.81. The third-order valence-electron chi connectivity index (χ3n) is 2.03. The minimum atomic E-state index is -1.04. The standard InChI is InChI=1S/C13H16O4/c1-4-12(15)17-13(10(3)14)16-11-7-5-6-9(2)8-11/h4-8,10,13-14H,1H2,2-3H3. The van der Waals surface area contributed by atoms with Gasteiger partial charge in [-0.2, -0.15) is 0 Å². The molecule has 0 fully saturated rings. The van der Waals surface area contributed by atoms with Gasteiger partial charge in [0, 0.05) is 6.08 Å². The molecule has 0 radical (unpaired) electrons. The van der Waals surface area contributed by atoms with Gasteiger partial charge in [-0.25, -0.2) is 4.79 Å². The van der Waals surface area contributed by atoms with Gasteiger partial charge in [-0.05, 0) is 31.5 Å². The van der Waals surface area contributed by atoms with Gasteiger partial charge in [-0.3, -0.25) is 0 Å². The van der Waals surface area contributed by atoms with Gasteiger partial charge in [0.15, 0.2) is 0 Å². The summed E-state index contributed by atoms with van der Waals surface area (Å²) < 4.78 is 10.3. The zero-order chi connectivity index (χ0) is 12.8. The van der Waals surface area contributed by atoms with E-state index in [9.17, 15) is 9.90 Å². The lowest BCUT2D eigenvalue weighted by molar-refractivity contribution is -0.172. The Labute approximate surface area is 100 Å². The number of aliphatic hydroxyl groups excluding tert-OH is 1. The van der Waals surface area contributed by atoms with E-state index in [0.29, 0.717) is 5.75 Å². The van der Waals surface area contributed by atoms with Crippen molar-refractivity contribution in [3.05, 3.63) is 42.5 Å². The van der Waals surface area contributed by atoms with Crippen LogP contribution in [0.5, 0.6) is 5.75 Å². The minimum Gasteiger partial charge on any atom is -0.452 e. The molecule has 0 spiro atoms. The summed E-state index contributed by atoms with van der Waals surface area (Å²) >= 11 is 0. The average Bonchev–Trinajstić information content (AvgIpc) is 2.27. The lowest BCUT2D eigenvalue weighted by Gasteiger charge is -2.21. The molecule has 0 aliphatic carbocycles. The van der Waals surface area contributed by atoms with E-state index in [1.807, 2.05) is 19.1 Å². The number of benzene rings is 1. The van der Waals surface area contributed by atoms with Crippen molar-refractivity contribution in [2.75, 3.05) is 0 Å². The number of aryl methyl sites for hydroxylation is 1. The molecule has 1 rings (SSSR count). The molecule has 92 valence electrons. The second-order valence-electron chi connectivity index (χ2n) is 3.68. The fourth-order valence-corrected chi connectivity index (χ4v) is 1.21. The maximum Gasteiger partial charge on any atom is 0.333 e. The van der Waals surface area contributed by atoms with Gasteiger partial charge in [0.1, 0.15) is 11.9 Å². The first-order chi connectivity index (χ1) is 8.02. The monoisotopic (exact) mass is 236 g/mol. The van der Waals surface area contributed by atoms with Gasteiger partial charge in [0.25, 0.3) is 6.29 Å². The second kappa shape index (κ2) is 6.06. The van der Waals surface area contributed by atoms with Crippen LogP contribution in [0.3, 0.4) is 0 Å². The number of ether oxygens (including phenoxy) is 2. The molecular weight excluding hydrogens is 220 g/mol. The van der Waals surface area contributed by atoms with Gasteiger partial charge in [0.05, 0.1) is 0 Å². The van der Waals surface area contributed by atoms with Crippen molar-refractivity contribution in [3.63, 3.8) is 0 Å². The van der Waals surface area contributed by atoms with Crippen LogP contribution < -0.4 is 4.74 Å². The van der Waals surface area contributed by atoms with Crippen LogP contribution in [0.4, 0.5) is 0 Å². The predicted octanol–water partition coefficient (Wildman–Crippen LogP) is 1.81. The Balaban J connectivity index is 2.73. The fourth-order valence-electron chi connectivity index (χ4n) is 1.21. The lowest BCUT2D eigenvalue weighted by Crippen LogP contribution is -2.34. The molecule has 2 unspecified atom stereocenters. The summed E-state index contributed by atoms with van der Waals surface area (Å²) in [4.78, 5) is 11.1. The van der Waals surface area contributed by atoms with E-state index < -0.39 is 18.4 Å². The molecule has 1 N–H and O–H groups in total. The maximum atomic E-state index is 11.1. The van der Waals surface area contributed by atoms with E-state index in [1.54, 1.807) is 12.1 Å². The van der Waals surface area contributed by atoms with E-state index in [-0.39, 0.29) is 0 Å². The van der Waals surface area contributed by atoms with Crippen molar-refractivity contribution in [1.82, 2.24) is 0 Å². The van der Waals surface area contributed by atoms with Crippen molar-refractivity contribution in [3.8, 4) is 5.75 Å². The number of hydrogen-bond acceptors (Lipinski definition) is 4. The summed E-state index contributed by atoms with van der Waals surface area (Å²) in [5.41, 5.74) is 1.02. The van der Waals surface area contributed by atoms with Crippen LogP contribution in [-0.4, -0.2) is 23.5 Å². The molecular formula is C13H16O4. The number of hydrogen-bond donors (Lipinski definition) is 1. The zero-order valence-corrected chi connectivity index (χ0v) is 9.92. The third-order valence-corrected chi connectivity index (χ3v) is 2.03. The topological polar surface area (TPSA) is 55.8 Å². The van der Waals surface area contributed by atoms with Gasteiger partial charge in [-0.1, -0.05) is 18.7 Å². The predicted molar refractivity (Wildman–Crippen MR) is 63.6 cm³/mol. The molecule has 0 saturated carbocycles. The molecule has 0 amide bonds. The third kappa shape index (κ3) is 4.28. The summed E-state index contributed by atoms with van der Waals surface area (Å²) in [6.45, 7) is 6.68. The number of aliphatic hydroxyl groups is 1. The number of carbonyl (C=O) groups is 1. The van der Waals surface area contributed by atoms with Crippen molar-refractivity contribution in [1.29, 1.82) is 0 Å². The highest BCUT2D eigenvalue weighted by atomic mass is 16.7. The van der Waals surface area contributed by atoms with Crippen molar-refractivity contribution < 1.29 is 19.4 Å². The largest absolute Gasteiger partial charge is 0.452 e. The smallest absolute Gasteiger partial charge is 0.333 e.